The summed E-state index contributed by atoms with van der Waals surface area (Å²) in [5.74, 6) is -0.743. The lowest BCUT2D eigenvalue weighted by atomic mass is 9.68. The van der Waals surface area contributed by atoms with Gasteiger partial charge in [0.05, 0.1) is 24.5 Å². The predicted molar refractivity (Wildman–Crippen MR) is 125 cm³/mol. The number of hydrogen-bond acceptors (Lipinski definition) is 6. The monoisotopic (exact) mass is 459 g/mol. The van der Waals surface area contributed by atoms with Crippen LogP contribution in [0.15, 0.2) is 33.3 Å². The Morgan fingerprint density at radius 1 is 1.18 bits per heavy atom. The first-order chi connectivity index (χ1) is 15.9. The van der Waals surface area contributed by atoms with Gasteiger partial charge in [0.25, 0.3) is 0 Å². The molecule has 1 saturated heterocycles. The van der Waals surface area contributed by atoms with E-state index in [1.807, 2.05) is 26.0 Å². The van der Waals surface area contributed by atoms with Crippen molar-refractivity contribution in [1.29, 1.82) is 0 Å². The molecule has 7 heteroatoms. The van der Waals surface area contributed by atoms with Crippen molar-refractivity contribution >= 4 is 17.9 Å². The van der Waals surface area contributed by atoms with E-state index in [-0.39, 0.29) is 25.0 Å². The van der Waals surface area contributed by atoms with Crippen LogP contribution in [0.25, 0.3) is 6.08 Å². The molecule has 0 saturated carbocycles. The first kappa shape index (κ1) is 25.4. The number of likely N-dealkylation sites (tertiary alicyclic amines) is 1. The molecule has 0 unspecified atom stereocenters. The minimum absolute atomic E-state index is 0.146. The molecule has 7 nitrogen and oxygen atoms in total. The van der Waals surface area contributed by atoms with Gasteiger partial charge in [0, 0.05) is 12.5 Å². The molecule has 0 radical (unpaired) electrons. The highest BCUT2D eigenvalue weighted by atomic mass is 16.4. The number of carbonyl (C=O) groups is 2. The van der Waals surface area contributed by atoms with Gasteiger partial charge in [-0.25, -0.2) is 0 Å². The van der Waals surface area contributed by atoms with Crippen molar-refractivity contribution in [3.8, 4) is 0 Å². The molecular formula is C26H37NO6. The second-order valence-electron chi connectivity index (χ2n) is 9.26. The van der Waals surface area contributed by atoms with Crippen molar-refractivity contribution in [3.05, 3.63) is 40.4 Å². The molecule has 1 aliphatic heterocycles. The summed E-state index contributed by atoms with van der Waals surface area (Å²) in [5.41, 5.74) is 2.75. The molecular weight excluding hydrogens is 422 g/mol. The molecule has 1 aliphatic carbocycles. The quantitative estimate of drug-likeness (QED) is 0.345. The number of aliphatic hydroxyl groups excluding tert-OH is 3. The second-order valence-corrected chi connectivity index (χ2v) is 9.26. The summed E-state index contributed by atoms with van der Waals surface area (Å²) < 4.78 is 5.58. The fourth-order valence-corrected chi connectivity index (χ4v) is 5.45. The summed E-state index contributed by atoms with van der Waals surface area (Å²) >= 11 is 0. The SMILES string of the molecule is CCC/C(=C\c1ccc(CO)o1)CC[C@@H](O)C1=C(C)C[C@H]2C(=O)N(CCC)C(=O)[C@H]2[C@H]1CO. The number of furan rings is 1. The second kappa shape index (κ2) is 11.3. The summed E-state index contributed by atoms with van der Waals surface area (Å²) in [6.45, 7) is 5.91. The molecule has 1 aromatic heterocycles. The van der Waals surface area contributed by atoms with Crippen LogP contribution < -0.4 is 0 Å². The van der Waals surface area contributed by atoms with E-state index in [1.54, 1.807) is 6.07 Å². The number of aliphatic hydroxyl groups is 3. The average Bonchev–Trinajstić information content (AvgIpc) is 3.35. The highest BCUT2D eigenvalue weighted by Crippen LogP contribution is 2.46. The van der Waals surface area contributed by atoms with E-state index in [0.29, 0.717) is 43.7 Å². The Hall–Kier alpha value is -2.22. The highest BCUT2D eigenvalue weighted by molar-refractivity contribution is 6.05. The van der Waals surface area contributed by atoms with E-state index in [1.165, 1.54) is 4.90 Å². The van der Waals surface area contributed by atoms with Gasteiger partial charge in [-0.3, -0.25) is 14.5 Å². The maximum atomic E-state index is 13.0. The van der Waals surface area contributed by atoms with Gasteiger partial charge >= 0.3 is 0 Å². The van der Waals surface area contributed by atoms with Gasteiger partial charge in [0.15, 0.2) is 0 Å². The Morgan fingerprint density at radius 2 is 1.94 bits per heavy atom. The lowest BCUT2D eigenvalue weighted by Crippen LogP contribution is -2.38. The molecule has 0 bridgehead atoms. The van der Waals surface area contributed by atoms with E-state index in [2.05, 4.69) is 6.92 Å². The Bertz CT molecular complexity index is 914. The van der Waals surface area contributed by atoms with E-state index in [0.717, 1.165) is 29.6 Å². The molecule has 33 heavy (non-hydrogen) atoms. The normalized spacial score (nSPS) is 24.6. The lowest BCUT2D eigenvalue weighted by Gasteiger charge is -2.35. The van der Waals surface area contributed by atoms with Crippen LogP contribution in [-0.4, -0.2) is 51.3 Å². The molecule has 0 aromatic carbocycles. The van der Waals surface area contributed by atoms with Crippen molar-refractivity contribution in [3.63, 3.8) is 0 Å². The number of nitrogens with zero attached hydrogens (tertiary/aromatic N) is 1. The van der Waals surface area contributed by atoms with Crippen LogP contribution in [0, 0.1) is 17.8 Å². The standard InChI is InChI=1S/C26H37NO6/c1-4-6-17(13-18-8-9-19(14-28)33-18)7-10-22(30)23-16(3)12-20-24(21(23)15-29)26(32)27(11-5-2)25(20)31/h8-9,13,20-22,24,28-30H,4-7,10-12,14-15H2,1-3H3/b17-13+/t20-,21+,22-,24-/m1/s1. The van der Waals surface area contributed by atoms with Crippen molar-refractivity contribution < 1.29 is 29.3 Å². The zero-order chi connectivity index (χ0) is 24.1. The minimum Gasteiger partial charge on any atom is -0.459 e. The fourth-order valence-electron chi connectivity index (χ4n) is 5.45. The Morgan fingerprint density at radius 3 is 2.55 bits per heavy atom. The Kier molecular flexibility index (Phi) is 8.68. The van der Waals surface area contributed by atoms with Gasteiger partial charge in [0.2, 0.25) is 11.8 Å². The fraction of sp³-hybridized carbons (Fsp3) is 0.615. The number of fused-ring (bicyclic) bond motifs is 1. The van der Waals surface area contributed by atoms with Gasteiger partial charge in [-0.15, -0.1) is 0 Å². The number of carbonyl (C=O) groups excluding carboxylic acids is 2. The van der Waals surface area contributed by atoms with E-state index < -0.39 is 23.9 Å². The highest BCUT2D eigenvalue weighted by Gasteiger charge is 2.54. The number of amides is 2. The zero-order valence-corrected chi connectivity index (χ0v) is 19.9. The number of hydrogen-bond donors (Lipinski definition) is 3. The number of imide groups is 1. The van der Waals surface area contributed by atoms with Gasteiger partial charge in [-0.05, 0) is 62.8 Å². The zero-order valence-electron chi connectivity index (χ0n) is 19.9. The first-order valence-electron chi connectivity index (χ1n) is 12.1. The Balaban J connectivity index is 1.77. The number of rotatable bonds is 11. The molecule has 1 aromatic rings. The molecule has 2 aliphatic rings. The van der Waals surface area contributed by atoms with Crippen LogP contribution in [0.3, 0.4) is 0 Å². The van der Waals surface area contributed by atoms with Crippen molar-refractivity contribution in [2.45, 2.75) is 72.0 Å². The Labute approximate surface area is 195 Å². The molecule has 2 heterocycles. The summed E-state index contributed by atoms with van der Waals surface area (Å²) in [5, 5.41) is 30.6. The van der Waals surface area contributed by atoms with Gasteiger partial charge in [-0.1, -0.05) is 31.4 Å². The predicted octanol–water partition coefficient (Wildman–Crippen LogP) is 3.44. The topological polar surface area (TPSA) is 111 Å². The van der Waals surface area contributed by atoms with E-state index in [9.17, 15) is 24.9 Å². The minimum atomic E-state index is -0.795. The van der Waals surface area contributed by atoms with Crippen molar-refractivity contribution in [1.82, 2.24) is 4.90 Å². The van der Waals surface area contributed by atoms with E-state index >= 15 is 0 Å². The van der Waals surface area contributed by atoms with Crippen LogP contribution in [0.2, 0.25) is 0 Å². The summed E-state index contributed by atoms with van der Waals surface area (Å²) in [6.07, 6.45) is 5.21. The van der Waals surface area contributed by atoms with Gasteiger partial charge in [0.1, 0.15) is 18.1 Å². The third kappa shape index (κ3) is 5.31. The molecule has 182 valence electrons. The van der Waals surface area contributed by atoms with Gasteiger partial charge in [-0.2, -0.15) is 0 Å². The molecule has 3 rings (SSSR count). The lowest BCUT2D eigenvalue weighted by molar-refractivity contribution is -0.140. The van der Waals surface area contributed by atoms with Crippen molar-refractivity contribution in [2.24, 2.45) is 17.8 Å². The first-order valence-corrected chi connectivity index (χ1v) is 12.1. The number of allylic oxidation sites excluding steroid dienone is 2. The third-order valence-electron chi connectivity index (χ3n) is 6.92. The maximum Gasteiger partial charge on any atom is 0.233 e. The summed E-state index contributed by atoms with van der Waals surface area (Å²) in [6, 6.07) is 3.56. The van der Waals surface area contributed by atoms with E-state index in [4.69, 9.17) is 4.42 Å². The van der Waals surface area contributed by atoms with Crippen LogP contribution in [0.1, 0.15) is 70.8 Å². The van der Waals surface area contributed by atoms with Crippen LogP contribution >= 0.6 is 0 Å². The third-order valence-corrected chi connectivity index (χ3v) is 6.92. The maximum absolute atomic E-state index is 13.0. The van der Waals surface area contributed by atoms with Gasteiger partial charge < -0.3 is 19.7 Å². The molecule has 2 amide bonds. The summed E-state index contributed by atoms with van der Waals surface area (Å²) in [7, 11) is 0. The molecule has 4 atom stereocenters. The average molecular weight is 460 g/mol. The molecule has 1 fully saturated rings. The molecule has 3 N–H and O–H groups in total. The largest absolute Gasteiger partial charge is 0.459 e. The van der Waals surface area contributed by atoms with Crippen LogP contribution in [-0.2, 0) is 16.2 Å². The van der Waals surface area contributed by atoms with Crippen LogP contribution in [0.5, 0.6) is 0 Å². The molecule has 0 spiro atoms. The smallest absolute Gasteiger partial charge is 0.233 e. The van der Waals surface area contributed by atoms with Crippen molar-refractivity contribution in [2.75, 3.05) is 13.2 Å². The van der Waals surface area contributed by atoms with Crippen LogP contribution in [0.4, 0.5) is 0 Å². The summed E-state index contributed by atoms with van der Waals surface area (Å²) in [4.78, 5) is 27.2.